The molecule has 116 valence electrons. The van der Waals surface area contributed by atoms with Gasteiger partial charge in [-0.2, -0.15) is 16.3 Å². The van der Waals surface area contributed by atoms with Gasteiger partial charge in [0.05, 0.1) is 11.6 Å². The number of hydrogen-bond acceptors (Lipinski definition) is 5. The number of tetrazole rings is 1. The molecule has 23 heavy (non-hydrogen) atoms. The molecule has 6 nitrogen and oxygen atoms in total. The largest absolute Gasteiger partial charge is 0.330 e. The molecule has 1 aliphatic rings. The summed E-state index contributed by atoms with van der Waals surface area (Å²) >= 11 is 1.89. The quantitative estimate of drug-likeness (QED) is 0.721. The van der Waals surface area contributed by atoms with Crippen LogP contribution in [-0.2, 0) is 0 Å². The molecule has 1 aliphatic heterocycles. The van der Waals surface area contributed by atoms with E-state index in [0.717, 1.165) is 18.1 Å². The Bertz CT molecular complexity index is 835. The van der Waals surface area contributed by atoms with E-state index in [0.29, 0.717) is 11.2 Å². The molecule has 0 bridgehead atoms. The van der Waals surface area contributed by atoms with Crippen LogP contribution in [0.2, 0.25) is 0 Å². The van der Waals surface area contributed by atoms with E-state index >= 15 is 0 Å². The molecule has 1 fully saturated rings. The fourth-order valence-corrected chi connectivity index (χ4v) is 3.92. The summed E-state index contributed by atoms with van der Waals surface area (Å²) in [6, 6.07) is 13.9. The predicted molar refractivity (Wildman–Crippen MR) is 88.3 cm³/mol. The van der Waals surface area contributed by atoms with Crippen molar-refractivity contribution in [3.8, 4) is 0 Å². The van der Waals surface area contributed by atoms with E-state index in [9.17, 15) is 4.79 Å². The Morgan fingerprint density at radius 1 is 1.17 bits per heavy atom. The van der Waals surface area contributed by atoms with Crippen molar-refractivity contribution in [2.75, 3.05) is 18.1 Å². The molecule has 0 saturated carbocycles. The highest BCUT2D eigenvalue weighted by molar-refractivity contribution is 7.99. The van der Waals surface area contributed by atoms with Crippen molar-refractivity contribution in [1.82, 2.24) is 24.9 Å². The second-order valence-corrected chi connectivity index (χ2v) is 6.55. The first-order valence-electron chi connectivity index (χ1n) is 7.44. The molecule has 0 radical (unpaired) electrons. The number of hydrogen-bond donors (Lipinski definition) is 0. The Kier molecular flexibility index (Phi) is 3.70. The van der Waals surface area contributed by atoms with Crippen LogP contribution < -0.4 is 0 Å². The van der Waals surface area contributed by atoms with Crippen LogP contribution in [0, 0.1) is 0 Å². The smallest absolute Gasteiger partial charge is 0.255 e. The van der Waals surface area contributed by atoms with Crippen molar-refractivity contribution in [2.24, 2.45) is 0 Å². The van der Waals surface area contributed by atoms with Gasteiger partial charge in [-0.3, -0.25) is 4.79 Å². The number of fused-ring (bicyclic) bond motifs is 1. The van der Waals surface area contributed by atoms with Crippen molar-refractivity contribution in [1.29, 1.82) is 0 Å². The summed E-state index contributed by atoms with van der Waals surface area (Å²) in [5.74, 6) is 1.90. The summed E-state index contributed by atoms with van der Waals surface area (Å²) in [5, 5.41) is 11.3. The van der Waals surface area contributed by atoms with E-state index in [4.69, 9.17) is 0 Å². The summed E-state index contributed by atoms with van der Waals surface area (Å²) in [4.78, 5) is 14.9. The average Bonchev–Trinajstić information content (AvgIpc) is 3.09. The molecule has 7 heteroatoms. The average molecular weight is 325 g/mol. The Morgan fingerprint density at radius 2 is 2.04 bits per heavy atom. The van der Waals surface area contributed by atoms with Crippen molar-refractivity contribution in [3.05, 3.63) is 59.8 Å². The summed E-state index contributed by atoms with van der Waals surface area (Å²) in [7, 11) is 0. The number of aromatic nitrogens is 4. The fourth-order valence-electron chi connectivity index (χ4n) is 2.83. The van der Waals surface area contributed by atoms with Crippen LogP contribution >= 0.6 is 11.8 Å². The van der Waals surface area contributed by atoms with Gasteiger partial charge in [-0.1, -0.05) is 30.3 Å². The number of benzene rings is 1. The van der Waals surface area contributed by atoms with Crippen molar-refractivity contribution in [2.45, 2.75) is 6.04 Å². The highest BCUT2D eigenvalue weighted by Crippen LogP contribution is 2.30. The molecule has 1 aromatic carbocycles. The third-order valence-corrected chi connectivity index (χ3v) is 5.03. The zero-order chi connectivity index (χ0) is 15.6. The van der Waals surface area contributed by atoms with Gasteiger partial charge in [0.25, 0.3) is 5.91 Å². The van der Waals surface area contributed by atoms with Gasteiger partial charge in [-0.15, -0.1) is 5.10 Å². The third kappa shape index (κ3) is 2.68. The van der Waals surface area contributed by atoms with E-state index < -0.39 is 0 Å². The van der Waals surface area contributed by atoms with Crippen LogP contribution in [0.5, 0.6) is 0 Å². The molecule has 0 spiro atoms. The van der Waals surface area contributed by atoms with E-state index in [1.807, 2.05) is 34.9 Å². The van der Waals surface area contributed by atoms with Gasteiger partial charge in [0.1, 0.15) is 0 Å². The maximum atomic E-state index is 13.0. The van der Waals surface area contributed by atoms with Crippen LogP contribution in [0.4, 0.5) is 0 Å². The van der Waals surface area contributed by atoms with Crippen LogP contribution in [0.25, 0.3) is 5.65 Å². The lowest BCUT2D eigenvalue weighted by molar-refractivity contribution is 0.0700. The highest BCUT2D eigenvalue weighted by atomic mass is 32.2. The topological polar surface area (TPSA) is 63.4 Å². The maximum Gasteiger partial charge on any atom is 0.255 e. The van der Waals surface area contributed by atoms with Crippen LogP contribution in [0.1, 0.15) is 22.0 Å². The molecule has 3 aromatic rings. The third-order valence-electron chi connectivity index (χ3n) is 4.01. The molecular weight excluding hydrogens is 310 g/mol. The molecule has 1 saturated heterocycles. The molecule has 1 amide bonds. The molecule has 0 N–H and O–H groups in total. The number of rotatable bonds is 2. The Hall–Kier alpha value is -2.41. The standard InChI is InChI=1S/C16H15N5OS/c22-16(13-6-7-15-17-18-19-21(15)10-13)20-8-9-23-11-14(20)12-4-2-1-3-5-12/h1-7,10,14H,8-9,11H2/t14-/m1/s1. The van der Waals surface area contributed by atoms with Crippen LogP contribution in [-0.4, -0.2) is 48.9 Å². The summed E-state index contributed by atoms with van der Waals surface area (Å²) < 4.78 is 1.53. The zero-order valence-corrected chi connectivity index (χ0v) is 13.2. The first-order chi connectivity index (χ1) is 11.3. The van der Waals surface area contributed by atoms with E-state index in [1.54, 1.807) is 18.3 Å². The van der Waals surface area contributed by atoms with Gasteiger partial charge >= 0.3 is 0 Å². The summed E-state index contributed by atoms with van der Waals surface area (Å²) in [6.45, 7) is 0.747. The van der Waals surface area contributed by atoms with Crippen LogP contribution in [0.3, 0.4) is 0 Å². The normalized spacial score (nSPS) is 18.3. The Balaban J connectivity index is 1.67. The molecule has 2 aromatic heterocycles. The monoisotopic (exact) mass is 325 g/mol. The minimum Gasteiger partial charge on any atom is -0.330 e. The second-order valence-electron chi connectivity index (χ2n) is 5.40. The van der Waals surface area contributed by atoms with Gasteiger partial charge in [0.2, 0.25) is 0 Å². The molecule has 0 unspecified atom stereocenters. The summed E-state index contributed by atoms with van der Waals surface area (Å²) in [5.41, 5.74) is 2.42. The molecule has 4 rings (SSSR count). The predicted octanol–water partition coefficient (Wildman–Crippen LogP) is 2.05. The number of thioether (sulfide) groups is 1. The fraction of sp³-hybridized carbons (Fsp3) is 0.250. The summed E-state index contributed by atoms with van der Waals surface area (Å²) in [6.07, 6.45) is 1.70. The van der Waals surface area contributed by atoms with Crippen LogP contribution in [0.15, 0.2) is 48.7 Å². The number of carbonyl (C=O) groups excluding carboxylic acids is 1. The number of amides is 1. The van der Waals surface area contributed by atoms with Crippen molar-refractivity contribution >= 4 is 23.3 Å². The lowest BCUT2D eigenvalue weighted by Gasteiger charge is -2.35. The minimum absolute atomic E-state index is 0.0246. The first-order valence-corrected chi connectivity index (χ1v) is 8.60. The van der Waals surface area contributed by atoms with Gasteiger partial charge in [-0.25, -0.2) is 0 Å². The van der Waals surface area contributed by atoms with E-state index in [-0.39, 0.29) is 11.9 Å². The Morgan fingerprint density at radius 3 is 2.91 bits per heavy atom. The molecule has 3 heterocycles. The maximum absolute atomic E-state index is 13.0. The van der Waals surface area contributed by atoms with Gasteiger partial charge in [-0.05, 0) is 28.1 Å². The van der Waals surface area contributed by atoms with E-state index in [1.165, 1.54) is 10.1 Å². The zero-order valence-electron chi connectivity index (χ0n) is 12.4. The van der Waals surface area contributed by atoms with Gasteiger partial charge in [0, 0.05) is 24.2 Å². The van der Waals surface area contributed by atoms with Gasteiger partial charge < -0.3 is 4.90 Å². The first kappa shape index (κ1) is 14.2. The molecule has 0 aliphatic carbocycles. The highest BCUT2D eigenvalue weighted by Gasteiger charge is 2.29. The minimum atomic E-state index is 0.0246. The lowest BCUT2D eigenvalue weighted by atomic mass is 10.1. The van der Waals surface area contributed by atoms with Gasteiger partial charge in [0.15, 0.2) is 5.65 Å². The lowest BCUT2D eigenvalue weighted by Crippen LogP contribution is -2.40. The SMILES string of the molecule is O=C(c1ccc2nnnn2c1)N1CCSC[C@@H]1c1ccccc1. The second kappa shape index (κ2) is 6.00. The van der Waals surface area contributed by atoms with Crippen molar-refractivity contribution in [3.63, 3.8) is 0 Å². The Labute approximate surface area is 137 Å². The number of carbonyl (C=O) groups is 1. The molecule has 1 atom stereocenters. The number of nitrogens with zero attached hydrogens (tertiary/aromatic N) is 5. The van der Waals surface area contributed by atoms with Crippen molar-refractivity contribution < 1.29 is 4.79 Å². The molecular formula is C16H15N5OS. The van der Waals surface area contributed by atoms with E-state index in [2.05, 4.69) is 27.7 Å². The number of pyridine rings is 1.